The number of urea groups is 1. The molecule has 1 aromatic carbocycles. The van der Waals surface area contributed by atoms with E-state index >= 15 is 0 Å². The number of benzene rings is 1. The van der Waals surface area contributed by atoms with E-state index in [1.807, 2.05) is 39.0 Å². The second kappa shape index (κ2) is 7.26. The molecule has 2 aromatic rings. The van der Waals surface area contributed by atoms with Gasteiger partial charge < -0.3 is 20.7 Å². The molecule has 0 aliphatic carbocycles. The maximum atomic E-state index is 11.9. The van der Waals surface area contributed by atoms with Gasteiger partial charge in [0.05, 0.1) is 17.1 Å². The first-order chi connectivity index (χ1) is 10.5. The predicted molar refractivity (Wildman–Crippen MR) is 86.6 cm³/mol. The van der Waals surface area contributed by atoms with Crippen LogP contribution in [0.15, 0.2) is 18.2 Å². The van der Waals surface area contributed by atoms with Crippen LogP contribution in [0.25, 0.3) is 11.0 Å². The summed E-state index contributed by atoms with van der Waals surface area (Å²) in [5, 5.41) is 14.4. The zero-order chi connectivity index (χ0) is 16.1. The van der Waals surface area contributed by atoms with Crippen LogP contribution in [0.5, 0.6) is 0 Å². The lowest BCUT2D eigenvalue weighted by atomic mass is 10.0. The number of imidazole rings is 1. The molecule has 0 bridgehead atoms. The fraction of sp³-hybridized carbons (Fsp3) is 0.500. The van der Waals surface area contributed by atoms with Crippen LogP contribution < -0.4 is 10.6 Å². The van der Waals surface area contributed by atoms with Crippen molar-refractivity contribution < 1.29 is 9.90 Å². The Bertz CT molecular complexity index is 636. The SMILES string of the molecule is Cc1ccc2nc(C(NC(=O)NCCCO)C(C)C)[nH]c2c1. The Hall–Kier alpha value is -2.08. The van der Waals surface area contributed by atoms with E-state index in [9.17, 15) is 4.79 Å². The topological polar surface area (TPSA) is 90.0 Å². The lowest BCUT2D eigenvalue weighted by Crippen LogP contribution is -2.40. The highest BCUT2D eigenvalue weighted by Crippen LogP contribution is 2.22. The molecule has 22 heavy (non-hydrogen) atoms. The number of aromatic amines is 1. The molecule has 0 fully saturated rings. The normalized spacial score (nSPS) is 12.6. The third-order valence-corrected chi connectivity index (χ3v) is 3.52. The molecule has 4 N–H and O–H groups in total. The summed E-state index contributed by atoms with van der Waals surface area (Å²) in [5.74, 6) is 0.957. The first kappa shape index (κ1) is 16.3. The van der Waals surface area contributed by atoms with E-state index in [1.54, 1.807) is 0 Å². The Morgan fingerprint density at radius 2 is 2.18 bits per heavy atom. The van der Waals surface area contributed by atoms with E-state index < -0.39 is 0 Å². The zero-order valence-electron chi connectivity index (χ0n) is 13.3. The van der Waals surface area contributed by atoms with Crippen LogP contribution >= 0.6 is 0 Å². The number of aryl methyl sites for hydroxylation is 1. The second-order valence-corrected chi connectivity index (χ2v) is 5.84. The van der Waals surface area contributed by atoms with Crippen molar-refractivity contribution in [3.63, 3.8) is 0 Å². The van der Waals surface area contributed by atoms with Crippen molar-refractivity contribution in [2.75, 3.05) is 13.2 Å². The number of carbonyl (C=O) groups excluding carboxylic acids is 1. The molecule has 6 heteroatoms. The van der Waals surface area contributed by atoms with Gasteiger partial charge in [-0.25, -0.2) is 9.78 Å². The third kappa shape index (κ3) is 3.98. The average molecular weight is 304 g/mol. The van der Waals surface area contributed by atoms with Crippen molar-refractivity contribution in [2.24, 2.45) is 5.92 Å². The molecule has 0 spiro atoms. The average Bonchev–Trinajstić information content (AvgIpc) is 2.87. The summed E-state index contributed by atoms with van der Waals surface area (Å²) in [6, 6.07) is 5.60. The molecule has 1 heterocycles. The van der Waals surface area contributed by atoms with Gasteiger partial charge in [-0.1, -0.05) is 19.9 Å². The van der Waals surface area contributed by atoms with Crippen LogP contribution in [0.4, 0.5) is 4.79 Å². The summed E-state index contributed by atoms with van der Waals surface area (Å²) in [6.45, 7) is 6.63. The van der Waals surface area contributed by atoms with Crippen LogP contribution in [-0.4, -0.2) is 34.3 Å². The lowest BCUT2D eigenvalue weighted by Gasteiger charge is -2.20. The molecule has 0 aliphatic heterocycles. The number of H-pyrrole nitrogens is 1. The van der Waals surface area contributed by atoms with Crippen LogP contribution in [0, 0.1) is 12.8 Å². The van der Waals surface area contributed by atoms with Gasteiger partial charge in [0.2, 0.25) is 0 Å². The minimum atomic E-state index is -0.246. The van der Waals surface area contributed by atoms with Gasteiger partial charge in [0.15, 0.2) is 0 Å². The van der Waals surface area contributed by atoms with E-state index in [1.165, 1.54) is 5.56 Å². The highest BCUT2D eigenvalue weighted by molar-refractivity contribution is 5.77. The number of fused-ring (bicyclic) bond motifs is 1. The number of hydrogen-bond donors (Lipinski definition) is 4. The molecule has 1 unspecified atom stereocenters. The van der Waals surface area contributed by atoms with Crippen molar-refractivity contribution >= 4 is 17.1 Å². The Kier molecular flexibility index (Phi) is 5.38. The quantitative estimate of drug-likeness (QED) is 0.617. The van der Waals surface area contributed by atoms with Crippen LogP contribution in [-0.2, 0) is 0 Å². The van der Waals surface area contributed by atoms with Gasteiger partial charge in [-0.2, -0.15) is 0 Å². The first-order valence-corrected chi connectivity index (χ1v) is 7.62. The number of nitrogens with one attached hydrogen (secondary N) is 3. The summed E-state index contributed by atoms with van der Waals surface area (Å²) in [7, 11) is 0. The van der Waals surface area contributed by atoms with E-state index in [4.69, 9.17) is 5.11 Å². The maximum Gasteiger partial charge on any atom is 0.315 e. The first-order valence-electron chi connectivity index (χ1n) is 7.62. The number of nitrogens with zero attached hydrogens (tertiary/aromatic N) is 1. The Balaban J connectivity index is 2.13. The molecule has 0 saturated carbocycles. The number of carbonyl (C=O) groups is 1. The number of aromatic nitrogens is 2. The summed E-state index contributed by atoms with van der Waals surface area (Å²) >= 11 is 0. The zero-order valence-corrected chi connectivity index (χ0v) is 13.3. The Morgan fingerprint density at radius 1 is 1.41 bits per heavy atom. The van der Waals surface area contributed by atoms with Crippen molar-refractivity contribution in [2.45, 2.75) is 33.2 Å². The van der Waals surface area contributed by atoms with Crippen molar-refractivity contribution in [3.8, 4) is 0 Å². The summed E-state index contributed by atoms with van der Waals surface area (Å²) in [4.78, 5) is 19.8. The molecule has 6 nitrogen and oxygen atoms in total. The molecular formula is C16H24N4O2. The molecule has 2 amide bonds. The van der Waals surface area contributed by atoms with Crippen molar-refractivity contribution in [3.05, 3.63) is 29.6 Å². The van der Waals surface area contributed by atoms with Crippen molar-refractivity contribution in [1.29, 1.82) is 0 Å². The van der Waals surface area contributed by atoms with Gasteiger partial charge in [-0.3, -0.25) is 0 Å². The van der Waals surface area contributed by atoms with Gasteiger partial charge >= 0.3 is 6.03 Å². The van der Waals surface area contributed by atoms with E-state index in [-0.39, 0.29) is 24.6 Å². The molecule has 1 atom stereocenters. The largest absolute Gasteiger partial charge is 0.396 e. The molecule has 2 rings (SSSR count). The standard InChI is InChI=1S/C16H24N4O2/c1-10(2)14(20-16(22)17-7-4-8-21)15-18-12-6-5-11(3)9-13(12)19-15/h5-6,9-10,14,21H,4,7-8H2,1-3H3,(H,18,19)(H2,17,20,22). The summed E-state index contributed by atoms with van der Waals surface area (Å²) in [6.07, 6.45) is 0.545. The maximum absolute atomic E-state index is 11.9. The molecule has 1 aromatic heterocycles. The molecule has 0 aliphatic rings. The number of aliphatic hydroxyl groups is 1. The number of aliphatic hydroxyl groups excluding tert-OH is 1. The van der Waals surface area contributed by atoms with Crippen LogP contribution in [0.3, 0.4) is 0 Å². The monoisotopic (exact) mass is 304 g/mol. The van der Waals surface area contributed by atoms with E-state index in [0.29, 0.717) is 13.0 Å². The lowest BCUT2D eigenvalue weighted by molar-refractivity contribution is 0.230. The smallest absolute Gasteiger partial charge is 0.315 e. The Morgan fingerprint density at radius 3 is 2.86 bits per heavy atom. The summed E-state index contributed by atoms with van der Waals surface area (Å²) in [5.41, 5.74) is 3.04. The minimum Gasteiger partial charge on any atom is -0.396 e. The molecular weight excluding hydrogens is 280 g/mol. The number of hydrogen-bond acceptors (Lipinski definition) is 3. The predicted octanol–water partition coefficient (Wildman–Crippen LogP) is 2.25. The van der Waals surface area contributed by atoms with Gasteiger partial charge in [0, 0.05) is 13.2 Å². The van der Waals surface area contributed by atoms with E-state index in [0.717, 1.165) is 16.9 Å². The number of amides is 2. The van der Waals surface area contributed by atoms with Crippen molar-refractivity contribution in [1.82, 2.24) is 20.6 Å². The highest BCUT2D eigenvalue weighted by Gasteiger charge is 2.21. The van der Waals surface area contributed by atoms with Gasteiger partial charge in [-0.15, -0.1) is 0 Å². The second-order valence-electron chi connectivity index (χ2n) is 5.84. The van der Waals surface area contributed by atoms with Gasteiger partial charge in [0.25, 0.3) is 0 Å². The van der Waals surface area contributed by atoms with E-state index in [2.05, 4.69) is 20.6 Å². The minimum absolute atomic E-state index is 0.0663. The number of rotatable bonds is 6. The molecule has 120 valence electrons. The fourth-order valence-electron chi connectivity index (χ4n) is 2.31. The van der Waals surface area contributed by atoms with Crippen LogP contribution in [0.1, 0.15) is 37.7 Å². The fourth-order valence-corrected chi connectivity index (χ4v) is 2.31. The Labute approximate surface area is 130 Å². The van der Waals surface area contributed by atoms with Gasteiger partial charge in [0.1, 0.15) is 5.82 Å². The third-order valence-electron chi connectivity index (χ3n) is 3.52. The summed E-state index contributed by atoms with van der Waals surface area (Å²) < 4.78 is 0. The molecule has 0 saturated heterocycles. The van der Waals surface area contributed by atoms with Gasteiger partial charge in [-0.05, 0) is 37.0 Å². The highest BCUT2D eigenvalue weighted by atomic mass is 16.3. The van der Waals surface area contributed by atoms with Crippen LogP contribution in [0.2, 0.25) is 0 Å². The molecule has 0 radical (unpaired) electrons.